The first-order chi connectivity index (χ1) is 14.2. The maximum Gasteiger partial charge on any atom is 0.264 e. The average molecular weight is 421 g/mol. The summed E-state index contributed by atoms with van der Waals surface area (Å²) in [6.07, 6.45) is 0. The molecular weight excluding hydrogens is 396 g/mol. The summed E-state index contributed by atoms with van der Waals surface area (Å²) in [5.41, 5.74) is 5.04. The molecule has 0 saturated carbocycles. The lowest BCUT2D eigenvalue weighted by Crippen LogP contribution is -2.31. The van der Waals surface area contributed by atoms with Crippen LogP contribution in [-0.4, -0.2) is 21.4 Å². The molecule has 4 rings (SSSR count). The molecule has 3 aromatic rings. The molecule has 30 heavy (non-hydrogen) atoms. The van der Waals surface area contributed by atoms with Crippen molar-refractivity contribution >= 4 is 27.3 Å². The molecule has 1 aliphatic rings. The van der Waals surface area contributed by atoms with Crippen molar-refractivity contribution in [1.82, 2.24) is 0 Å². The molecule has 1 N–H and O–H groups in total. The van der Waals surface area contributed by atoms with Crippen LogP contribution in [0.2, 0.25) is 0 Å². The maximum absolute atomic E-state index is 13.1. The van der Waals surface area contributed by atoms with Crippen LogP contribution in [0, 0.1) is 6.92 Å². The second-order valence-corrected chi connectivity index (χ2v) is 9.79. The van der Waals surface area contributed by atoms with Gasteiger partial charge in [-0.1, -0.05) is 50.2 Å². The number of amides is 1. The van der Waals surface area contributed by atoms with Crippen molar-refractivity contribution in [3.63, 3.8) is 0 Å². The molecule has 0 spiro atoms. The third-order valence-corrected chi connectivity index (χ3v) is 7.34. The zero-order valence-electron chi connectivity index (χ0n) is 17.4. The van der Waals surface area contributed by atoms with Crippen LogP contribution in [0.15, 0.2) is 65.6 Å². The van der Waals surface area contributed by atoms with Gasteiger partial charge in [0.2, 0.25) is 0 Å². The number of rotatable bonds is 3. The Morgan fingerprint density at radius 3 is 2.37 bits per heavy atom. The van der Waals surface area contributed by atoms with E-state index in [2.05, 4.69) is 19.2 Å². The highest BCUT2D eigenvalue weighted by molar-refractivity contribution is 7.93. The van der Waals surface area contributed by atoms with Gasteiger partial charge in [-0.25, -0.2) is 8.42 Å². The molecule has 0 saturated heterocycles. The fraction of sp³-hybridized carbons (Fsp3) is 0.208. The largest absolute Gasteiger partial charge is 0.322 e. The number of aryl methyl sites for hydroxylation is 1. The summed E-state index contributed by atoms with van der Waals surface area (Å²) in [6, 6.07) is 18.2. The van der Waals surface area contributed by atoms with Crippen molar-refractivity contribution < 1.29 is 13.2 Å². The number of fused-ring (bicyclic) bond motifs is 3. The van der Waals surface area contributed by atoms with Crippen LogP contribution in [0.1, 0.15) is 41.3 Å². The van der Waals surface area contributed by atoms with Gasteiger partial charge < -0.3 is 5.32 Å². The van der Waals surface area contributed by atoms with Crippen LogP contribution in [0.5, 0.6) is 0 Å². The van der Waals surface area contributed by atoms with E-state index >= 15 is 0 Å². The van der Waals surface area contributed by atoms with Crippen LogP contribution in [-0.2, 0) is 10.0 Å². The van der Waals surface area contributed by atoms with Gasteiger partial charge in [0.25, 0.3) is 15.9 Å². The van der Waals surface area contributed by atoms with E-state index in [0.717, 1.165) is 22.4 Å². The summed E-state index contributed by atoms with van der Waals surface area (Å²) < 4.78 is 27.2. The number of benzene rings is 3. The number of sulfonamides is 1. The van der Waals surface area contributed by atoms with Gasteiger partial charge in [0.15, 0.2) is 0 Å². The van der Waals surface area contributed by atoms with Crippen molar-refractivity contribution in [2.24, 2.45) is 0 Å². The quantitative estimate of drug-likeness (QED) is 0.635. The summed E-state index contributed by atoms with van der Waals surface area (Å²) in [7, 11) is -2.07. The Bertz CT molecular complexity index is 1260. The van der Waals surface area contributed by atoms with E-state index in [1.165, 1.54) is 4.31 Å². The Hall–Kier alpha value is -3.12. The molecule has 1 aliphatic heterocycles. The van der Waals surface area contributed by atoms with Crippen molar-refractivity contribution in [1.29, 1.82) is 0 Å². The molecular formula is C24H24N2O3S. The molecule has 154 valence electrons. The van der Waals surface area contributed by atoms with Gasteiger partial charge in [-0.15, -0.1) is 0 Å². The fourth-order valence-corrected chi connectivity index (χ4v) is 5.51. The molecule has 0 aromatic heterocycles. The average Bonchev–Trinajstić information content (AvgIpc) is 2.72. The Kier molecular flexibility index (Phi) is 4.90. The van der Waals surface area contributed by atoms with Gasteiger partial charge in [0.05, 0.1) is 10.6 Å². The van der Waals surface area contributed by atoms with Crippen molar-refractivity contribution in [3.8, 4) is 11.1 Å². The molecule has 6 heteroatoms. The van der Waals surface area contributed by atoms with Gasteiger partial charge >= 0.3 is 0 Å². The highest BCUT2D eigenvalue weighted by Gasteiger charge is 2.34. The summed E-state index contributed by atoms with van der Waals surface area (Å²) in [6.45, 7) is 6.00. The second kappa shape index (κ2) is 7.29. The topological polar surface area (TPSA) is 66.5 Å². The zero-order chi connectivity index (χ0) is 21.6. The molecule has 0 aliphatic carbocycles. The lowest BCUT2D eigenvalue weighted by Gasteiger charge is -2.31. The van der Waals surface area contributed by atoms with Crippen molar-refractivity contribution in [3.05, 3.63) is 77.4 Å². The van der Waals surface area contributed by atoms with Crippen molar-refractivity contribution in [2.75, 3.05) is 16.7 Å². The number of carbonyl (C=O) groups excluding carboxylic acids is 1. The third-order valence-electron chi connectivity index (χ3n) is 5.52. The molecule has 1 amide bonds. The Morgan fingerprint density at radius 1 is 0.967 bits per heavy atom. The Labute approximate surface area is 177 Å². The first kappa shape index (κ1) is 20.2. The van der Waals surface area contributed by atoms with Crippen LogP contribution < -0.4 is 9.62 Å². The van der Waals surface area contributed by atoms with E-state index in [-0.39, 0.29) is 16.7 Å². The number of anilines is 2. The van der Waals surface area contributed by atoms with Gasteiger partial charge in [0.1, 0.15) is 0 Å². The first-order valence-corrected chi connectivity index (χ1v) is 11.3. The highest BCUT2D eigenvalue weighted by atomic mass is 32.2. The number of nitrogens with one attached hydrogen (secondary N) is 1. The lowest BCUT2D eigenvalue weighted by molar-refractivity contribution is 0.102. The SMILES string of the molecule is Cc1cc(C(=O)Nc2ccccc2C(C)C)cc2c1N(C)S(=O)(=O)c1ccccc1-2. The molecule has 5 nitrogen and oxygen atoms in total. The summed E-state index contributed by atoms with van der Waals surface area (Å²) >= 11 is 0. The Morgan fingerprint density at radius 2 is 1.63 bits per heavy atom. The minimum atomic E-state index is -3.62. The molecule has 0 unspecified atom stereocenters. The molecule has 0 radical (unpaired) electrons. The summed E-state index contributed by atoms with van der Waals surface area (Å²) in [5, 5.41) is 3.02. The minimum Gasteiger partial charge on any atom is -0.322 e. The predicted octanol–water partition coefficient (Wildman–Crippen LogP) is 5.18. The van der Waals surface area contributed by atoms with Gasteiger partial charge in [-0.05, 0) is 48.2 Å². The standard InChI is InChI=1S/C24H24N2O3S/c1-15(2)18-9-5-7-11-21(18)25-24(27)17-13-16(3)23-20(14-17)19-10-6-8-12-22(19)30(28,29)26(23)4/h5-15H,1-4H3,(H,25,27). The highest BCUT2D eigenvalue weighted by Crippen LogP contribution is 2.44. The van der Waals surface area contributed by atoms with E-state index in [4.69, 9.17) is 0 Å². The fourth-order valence-electron chi connectivity index (χ4n) is 4.02. The number of para-hydroxylation sites is 1. The molecule has 0 atom stereocenters. The predicted molar refractivity (Wildman–Crippen MR) is 121 cm³/mol. The molecule has 1 heterocycles. The van der Waals surface area contributed by atoms with E-state index in [0.29, 0.717) is 16.8 Å². The van der Waals surface area contributed by atoms with E-state index in [1.54, 1.807) is 37.4 Å². The van der Waals surface area contributed by atoms with Crippen LogP contribution in [0.25, 0.3) is 11.1 Å². The minimum absolute atomic E-state index is 0.220. The van der Waals surface area contributed by atoms with E-state index in [1.807, 2.05) is 37.3 Å². The molecule has 0 fully saturated rings. The first-order valence-electron chi connectivity index (χ1n) is 9.85. The van der Waals surface area contributed by atoms with E-state index in [9.17, 15) is 13.2 Å². The number of hydrogen-bond donors (Lipinski definition) is 1. The van der Waals surface area contributed by atoms with Crippen LogP contribution in [0.3, 0.4) is 0 Å². The normalized spacial score (nSPS) is 14.2. The van der Waals surface area contributed by atoms with Crippen molar-refractivity contribution in [2.45, 2.75) is 31.6 Å². The van der Waals surface area contributed by atoms with Crippen LogP contribution >= 0.6 is 0 Å². The second-order valence-electron chi connectivity index (χ2n) is 7.85. The van der Waals surface area contributed by atoms with Gasteiger partial charge in [0, 0.05) is 29.4 Å². The smallest absolute Gasteiger partial charge is 0.264 e. The maximum atomic E-state index is 13.1. The summed E-state index contributed by atoms with van der Waals surface area (Å²) in [4.78, 5) is 13.4. The van der Waals surface area contributed by atoms with Gasteiger partial charge in [-0.3, -0.25) is 9.10 Å². The van der Waals surface area contributed by atoms with E-state index < -0.39 is 10.0 Å². The lowest BCUT2D eigenvalue weighted by atomic mass is 9.96. The zero-order valence-corrected chi connectivity index (χ0v) is 18.2. The number of carbonyl (C=O) groups is 1. The number of nitrogens with zero attached hydrogens (tertiary/aromatic N) is 1. The van der Waals surface area contributed by atoms with Gasteiger partial charge in [-0.2, -0.15) is 0 Å². The molecule has 3 aromatic carbocycles. The van der Waals surface area contributed by atoms with Crippen LogP contribution in [0.4, 0.5) is 11.4 Å². The molecule has 0 bridgehead atoms. The Balaban J connectivity index is 1.82. The monoisotopic (exact) mass is 420 g/mol. The third kappa shape index (κ3) is 3.17. The number of hydrogen-bond acceptors (Lipinski definition) is 3. The summed E-state index contributed by atoms with van der Waals surface area (Å²) in [5.74, 6) is 0.0556.